The molecule has 2 atom stereocenters. The van der Waals surface area contributed by atoms with Gasteiger partial charge in [0.2, 0.25) is 0 Å². The third-order valence-corrected chi connectivity index (χ3v) is 1.08. The van der Waals surface area contributed by atoms with Crippen molar-refractivity contribution in [1.29, 1.82) is 0 Å². The van der Waals surface area contributed by atoms with Gasteiger partial charge in [0.15, 0.2) is 6.29 Å². The SMILES string of the molecule is C=C(C)C(O)OCC(O)CO. The van der Waals surface area contributed by atoms with Crippen molar-refractivity contribution in [1.82, 2.24) is 0 Å². The van der Waals surface area contributed by atoms with Gasteiger partial charge in [-0.2, -0.15) is 0 Å². The van der Waals surface area contributed by atoms with Crippen LogP contribution in [0.15, 0.2) is 12.2 Å². The predicted octanol–water partition coefficient (Wildman–Crippen LogP) is -0.749. The molecule has 2 unspecified atom stereocenters. The molecule has 0 rings (SSSR count). The Morgan fingerprint density at radius 2 is 2.09 bits per heavy atom. The van der Waals surface area contributed by atoms with Crippen LogP contribution >= 0.6 is 0 Å². The van der Waals surface area contributed by atoms with E-state index in [0.717, 1.165) is 0 Å². The molecule has 0 radical (unpaired) electrons. The van der Waals surface area contributed by atoms with Crippen LogP contribution in [-0.2, 0) is 4.74 Å². The average molecular weight is 162 g/mol. The average Bonchev–Trinajstić information content (AvgIpc) is 1.99. The molecule has 0 saturated heterocycles. The van der Waals surface area contributed by atoms with E-state index in [2.05, 4.69) is 6.58 Å². The van der Waals surface area contributed by atoms with Gasteiger partial charge in [0.05, 0.1) is 13.2 Å². The van der Waals surface area contributed by atoms with Crippen molar-refractivity contribution in [2.45, 2.75) is 19.3 Å². The quantitative estimate of drug-likeness (QED) is 0.367. The summed E-state index contributed by atoms with van der Waals surface area (Å²) in [5.74, 6) is 0. The maximum atomic E-state index is 8.96. The van der Waals surface area contributed by atoms with Crippen LogP contribution < -0.4 is 0 Å². The fraction of sp³-hybridized carbons (Fsp3) is 0.714. The highest BCUT2D eigenvalue weighted by Crippen LogP contribution is 1.99. The van der Waals surface area contributed by atoms with Crippen molar-refractivity contribution in [2.75, 3.05) is 13.2 Å². The summed E-state index contributed by atoms with van der Waals surface area (Å²) >= 11 is 0. The standard InChI is InChI=1S/C7H14O4/c1-5(2)7(10)11-4-6(9)3-8/h6-10H,1,3-4H2,2H3. The van der Waals surface area contributed by atoms with E-state index in [1.165, 1.54) is 0 Å². The van der Waals surface area contributed by atoms with Gasteiger partial charge in [-0.25, -0.2) is 0 Å². The van der Waals surface area contributed by atoms with Gasteiger partial charge in [-0.3, -0.25) is 0 Å². The first-order valence-electron chi connectivity index (χ1n) is 3.32. The molecule has 0 aliphatic heterocycles. The molecule has 66 valence electrons. The zero-order chi connectivity index (χ0) is 8.85. The number of ether oxygens (including phenoxy) is 1. The van der Waals surface area contributed by atoms with Gasteiger partial charge in [-0.15, -0.1) is 0 Å². The highest BCUT2D eigenvalue weighted by atomic mass is 16.6. The Morgan fingerprint density at radius 1 is 1.55 bits per heavy atom. The predicted molar refractivity (Wildman–Crippen MR) is 39.9 cm³/mol. The molecule has 0 bridgehead atoms. The lowest BCUT2D eigenvalue weighted by atomic mass is 10.3. The smallest absolute Gasteiger partial charge is 0.176 e. The Morgan fingerprint density at radius 3 is 2.45 bits per heavy atom. The first-order chi connectivity index (χ1) is 5.07. The van der Waals surface area contributed by atoms with Gasteiger partial charge in [0.1, 0.15) is 6.10 Å². The highest BCUT2D eigenvalue weighted by Gasteiger charge is 2.07. The van der Waals surface area contributed by atoms with Gasteiger partial charge in [0, 0.05) is 0 Å². The molecule has 0 aromatic carbocycles. The Hall–Kier alpha value is -0.420. The molecule has 3 N–H and O–H groups in total. The molecule has 0 aliphatic rings. The molecule has 0 aromatic heterocycles. The fourth-order valence-corrected chi connectivity index (χ4v) is 0.397. The van der Waals surface area contributed by atoms with Gasteiger partial charge in [-0.05, 0) is 12.5 Å². The Labute approximate surface area is 65.7 Å². The van der Waals surface area contributed by atoms with Crippen molar-refractivity contribution in [3.05, 3.63) is 12.2 Å². The molecule has 0 amide bonds. The van der Waals surface area contributed by atoms with E-state index >= 15 is 0 Å². The van der Waals surface area contributed by atoms with E-state index in [-0.39, 0.29) is 13.2 Å². The van der Waals surface area contributed by atoms with Crippen LogP contribution in [0.3, 0.4) is 0 Å². The molecule has 4 heteroatoms. The minimum atomic E-state index is -1.06. The van der Waals surface area contributed by atoms with Crippen LogP contribution in [0, 0.1) is 0 Å². The van der Waals surface area contributed by atoms with E-state index in [0.29, 0.717) is 5.57 Å². The van der Waals surface area contributed by atoms with Crippen LogP contribution in [-0.4, -0.2) is 40.9 Å². The number of aliphatic hydroxyl groups is 3. The zero-order valence-electron chi connectivity index (χ0n) is 6.53. The number of rotatable bonds is 5. The Kier molecular flexibility index (Phi) is 5.06. The maximum Gasteiger partial charge on any atom is 0.176 e. The normalized spacial score (nSPS) is 16.0. The highest BCUT2D eigenvalue weighted by molar-refractivity contribution is 4.91. The molecule has 4 nitrogen and oxygen atoms in total. The molecule has 0 saturated carbocycles. The van der Waals surface area contributed by atoms with Crippen LogP contribution in [0.5, 0.6) is 0 Å². The van der Waals surface area contributed by atoms with Crippen molar-refractivity contribution < 1.29 is 20.1 Å². The van der Waals surface area contributed by atoms with Crippen LogP contribution in [0.2, 0.25) is 0 Å². The Bertz CT molecular complexity index is 124. The minimum Gasteiger partial charge on any atom is -0.394 e. The van der Waals surface area contributed by atoms with E-state index < -0.39 is 12.4 Å². The van der Waals surface area contributed by atoms with E-state index in [1.807, 2.05) is 0 Å². The third kappa shape index (κ3) is 4.92. The monoisotopic (exact) mass is 162 g/mol. The molecular weight excluding hydrogens is 148 g/mol. The second-order valence-electron chi connectivity index (χ2n) is 2.37. The molecule has 11 heavy (non-hydrogen) atoms. The summed E-state index contributed by atoms with van der Waals surface area (Å²) in [5.41, 5.74) is 0.468. The van der Waals surface area contributed by atoms with Crippen LogP contribution in [0.1, 0.15) is 6.92 Å². The summed E-state index contributed by atoms with van der Waals surface area (Å²) in [4.78, 5) is 0. The molecule has 0 spiro atoms. The summed E-state index contributed by atoms with van der Waals surface area (Å²) in [5, 5.41) is 26.1. The molecular formula is C7H14O4. The summed E-state index contributed by atoms with van der Waals surface area (Å²) in [6, 6.07) is 0. The van der Waals surface area contributed by atoms with Crippen molar-refractivity contribution in [3.63, 3.8) is 0 Å². The van der Waals surface area contributed by atoms with Crippen LogP contribution in [0.25, 0.3) is 0 Å². The van der Waals surface area contributed by atoms with Crippen molar-refractivity contribution >= 4 is 0 Å². The first kappa shape index (κ1) is 10.6. The number of aliphatic hydroxyl groups excluding tert-OH is 3. The van der Waals surface area contributed by atoms with Gasteiger partial charge < -0.3 is 20.1 Å². The lowest BCUT2D eigenvalue weighted by molar-refractivity contribution is -0.104. The van der Waals surface area contributed by atoms with E-state index in [4.69, 9.17) is 20.1 Å². The van der Waals surface area contributed by atoms with E-state index in [9.17, 15) is 0 Å². The molecule has 0 fully saturated rings. The van der Waals surface area contributed by atoms with Gasteiger partial charge in [-0.1, -0.05) is 6.58 Å². The summed E-state index contributed by atoms with van der Waals surface area (Å²) in [6.07, 6.45) is -2.00. The molecule has 0 aliphatic carbocycles. The molecule has 0 heterocycles. The lowest BCUT2D eigenvalue weighted by Crippen LogP contribution is -2.24. The Balaban J connectivity index is 3.45. The lowest BCUT2D eigenvalue weighted by Gasteiger charge is -2.13. The van der Waals surface area contributed by atoms with Gasteiger partial charge in [0.25, 0.3) is 0 Å². The second kappa shape index (κ2) is 5.26. The summed E-state index contributed by atoms with van der Waals surface area (Å²) in [7, 11) is 0. The minimum absolute atomic E-state index is 0.0927. The number of hydrogen-bond donors (Lipinski definition) is 3. The maximum absolute atomic E-state index is 8.96. The van der Waals surface area contributed by atoms with Gasteiger partial charge >= 0.3 is 0 Å². The van der Waals surface area contributed by atoms with Crippen molar-refractivity contribution in [2.24, 2.45) is 0 Å². The second-order valence-corrected chi connectivity index (χ2v) is 2.37. The van der Waals surface area contributed by atoms with Crippen molar-refractivity contribution in [3.8, 4) is 0 Å². The number of hydrogen-bond acceptors (Lipinski definition) is 4. The van der Waals surface area contributed by atoms with Crippen LogP contribution in [0.4, 0.5) is 0 Å². The fourth-order valence-electron chi connectivity index (χ4n) is 0.397. The third-order valence-electron chi connectivity index (χ3n) is 1.08. The first-order valence-corrected chi connectivity index (χ1v) is 3.32. The van der Waals surface area contributed by atoms with E-state index in [1.54, 1.807) is 6.92 Å². The molecule has 0 aromatic rings. The topological polar surface area (TPSA) is 69.9 Å². The zero-order valence-corrected chi connectivity index (χ0v) is 6.53. The summed E-state index contributed by atoms with van der Waals surface area (Å²) in [6.45, 7) is 4.58. The summed E-state index contributed by atoms with van der Waals surface area (Å²) < 4.78 is 4.70. The largest absolute Gasteiger partial charge is 0.394 e.